The van der Waals surface area contributed by atoms with E-state index in [9.17, 15) is 14.7 Å². The van der Waals surface area contributed by atoms with Gasteiger partial charge in [0.2, 0.25) is 5.91 Å². The van der Waals surface area contributed by atoms with Gasteiger partial charge in [0.25, 0.3) is 0 Å². The van der Waals surface area contributed by atoms with Crippen molar-refractivity contribution >= 4 is 11.9 Å². The average molecular weight is 345 g/mol. The topological polar surface area (TPSA) is 75.6 Å². The van der Waals surface area contributed by atoms with E-state index in [1.807, 2.05) is 24.3 Å². The van der Waals surface area contributed by atoms with Gasteiger partial charge in [-0.05, 0) is 37.2 Å². The molecule has 3 rings (SSSR count). The Hall–Kier alpha value is -2.04. The lowest BCUT2D eigenvalue weighted by molar-refractivity contribution is -0.142. The van der Waals surface area contributed by atoms with Gasteiger partial charge in [0.1, 0.15) is 11.8 Å². The van der Waals surface area contributed by atoms with E-state index in [4.69, 9.17) is 4.74 Å². The van der Waals surface area contributed by atoms with Crippen LogP contribution in [-0.2, 0) is 15.0 Å². The quantitative estimate of drug-likeness (QED) is 0.860. The molecule has 2 N–H and O–H groups in total. The van der Waals surface area contributed by atoms with Gasteiger partial charge in [0.05, 0.1) is 6.61 Å². The summed E-state index contributed by atoms with van der Waals surface area (Å²) in [5, 5.41) is 12.2. The van der Waals surface area contributed by atoms with Gasteiger partial charge in [-0.1, -0.05) is 39.0 Å². The first-order chi connectivity index (χ1) is 11.7. The van der Waals surface area contributed by atoms with Crippen molar-refractivity contribution in [2.45, 2.75) is 57.9 Å². The Morgan fingerprint density at radius 2 is 2.08 bits per heavy atom. The Kier molecular flexibility index (Phi) is 4.52. The highest BCUT2D eigenvalue weighted by atomic mass is 16.5. The predicted molar refractivity (Wildman–Crippen MR) is 94.6 cm³/mol. The fourth-order valence-electron chi connectivity index (χ4n) is 3.81. The Bertz CT molecular complexity index is 679. The number of amides is 1. The number of carboxylic acids is 1. The van der Waals surface area contributed by atoms with E-state index in [2.05, 4.69) is 26.1 Å². The fourth-order valence-corrected chi connectivity index (χ4v) is 3.81. The number of hydrogen-bond donors (Lipinski definition) is 2. The van der Waals surface area contributed by atoms with E-state index < -0.39 is 12.0 Å². The molecular formula is C20H27NO4. The highest BCUT2D eigenvalue weighted by Crippen LogP contribution is 2.60. The van der Waals surface area contributed by atoms with Gasteiger partial charge < -0.3 is 15.2 Å². The van der Waals surface area contributed by atoms with Crippen molar-refractivity contribution in [2.75, 3.05) is 6.61 Å². The summed E-state index contributed by atoms with van der Waals surface area (Å²) >= 11 is 0. The monoisotopic (exact) mass is 345 g/mol. The van der Waals surface area contributed by atoms with Crippen LogP contribution in [0.15, 0.2) is 24.3 Å². The Balaban J connectivity index is 1.68. The first kappa shape index (κ1) is 17.8. The minimum atomic E-state index is -0.959. The number of carboxylic acid groups (broad SMARTS) is 1. The standard InChI is InChI=1S/C20H27NO4/c1-19(2,3)9-8-15(18(23)24)21-17(22)14-12-20(14)10-11-25-16-7-5-4-6-13(16)20/h4-7,14-15H,8-12H2,1-3H3,(H,21,22)(H,23,24)/t14-,15?,20-/m0/s1. The van der Waals surface area contributed by atoms with Crippen LogP contribution in [0.5, 0.6) is 5.75 Å². The summed E-state index contributed by atoms with van der Waals surface area (Å²) in [4.78, 5) is 24.2. The van der Waals surface area contributed by atoms with Gasteiger partial charge in [0, 0.05) is 16.9 Å². The van der Waals surface area contributed by atoms with Crippen molar-refractivity contribution in [3.05, 3.63) is 29.8 Å². The zero-order valence-electron chi connectivity index (χ0n) is 15.2. The first-order valence-electron chi connectivity index (χ1n) is 8.98. The molecule has 1 aliphatic heterocycles. The van der Waals surface area contributed by atoms with Crippen molar-refractivity contribution in [3.8, 4) is 5.75 Å². The molecule has 0 aromatic heterocycles. The summed E-state index contributed by atoms with van der Waals surface area (Å²) in [5.74, 6) is -0.404. The van der Waals surface area contributed by atoms with Crippen LogP contribution in [0.25, 0.3) is 0 Å². The van der Waals surface area contributed by atoms with Gasteiger partial charge in [-0.25, -0.2) is 4.79 Å². The lowest BCUT2D eigenvalue weighted by Crippen LogP contribution is -2.43. The van der Waals surface area contributed by atoms with Gasteiger partial charge in [-0.2, -0.15) is 0 Å². The highest BCUT2D eigenvalue weighted by Gasteiger charge is 2.61. The third kappa shape index (κ3) is 3.65. The van der Waals surface area contributed by atoms with Crippen molar-refractivity contribution in [1.82, 2.24) is 5.32 Å². The zero-order chi connectivity index (χ0) is 18.2. The van der Waals surface area contributed by atoms with Crippen LogP contribution in [0.4, 0.5) is 0 Å². The fraction of sp³-hybridized carbons (Fsp3) is 0.600. The normalized spacial score (nSPS) is 25.6. The summed E-state index contributed by atoms with van der Waals surface area (Å²) in [5.41, 5.74) is 0.952. The number of rotatable bonds is 5. The van der Waals surface area contributed by atoms with E-state index >= 15 is 0 Å². The van der Waals surface area contributed by atoms with Crippen molar-refractivity contribution in [1.29, 1.82) is 0 Å². The third-order valence-corrected chi connectivity index (χ3v) is 5.42. The maximum absolute atomic E-state index is 12.7. The van der Waals surface area contributed by atoms with Crippen LogP contribution >= 0.6 is 0 Å². The molecule has 1 fully saturated rings. The molecule has 0 radical (unpaired) electrons. The van der Waals surface area contributed by atoms with Gasteiger partial charge in [-0.15, -0.1) is 0 Å². The molecule has 5 nitrogen and oxygen atoms in total. The van der Waals surface area contributed by atoms with E-state index in [-0.39, 0.29) is 22.7 Å². The van der Waals surface area contributed by atoms with Gasteiger partial charge in [-0.3, -0.25) is 4.79 Å². The molecule has 136 valence electrons. The molecular weight excluding hydrogens is 318 g/mol. The molecule has 1 amide bonds. The number of para-hydroxylation sites is 1. The van der Waals surface area contributed by atoms with Crippen LogP contribution in [-0.4, -0.2) is 29.6 Å². The van der Waals surface area contributed by atoms with Gasteiger partial charge in [0.15, 0.2) is 0 Å². The largest absolute Gasteiger partial charge is 0.493 e. The minimum absolute atomic E-state index is 0.0406. The summed E-state index contributed by atoms with van der Waals surface area (Å²) in [6.07, 6.45) is 2.77. The number of aliphatic carboxylic acids is 1. The molecule has 1 aliphatic carbocycles. The second-order valence-electron chi connectivity index (χ2n) is 8.51. The number of carbonyl (C=O) groups excluding carboxylic acids is 1. The molecule has 1 spiro atoms. The van der Waals surface area contributed by atoms with Crippen molar-refractivity contribution < 1.29 is 19.4 Å². The van der Waals surface area contributed by atoms with E-state index in [0.717, 1.165) is 30.6 Å². The Morgan fingerprint density at radius 1 is 1.36 bits per heavy atom. The number of carbonyl (C=O) groups is 2. The maximum Gasteiger partial charge on any atom is 0.326 e. The third-order valence-electron chi connectivity index (χ3n) is 5.42. The summed E-state index contributed by atoms with van der Waals surface area (Å²) in [6.45, 7) is 6.82. The lowest BCUT2D eigenvalue weighted by Gasteiger charge is -2.27. The molecule has 0 saturated heterocycles. The molecule has 3 atom stereocenters. The molecule has 1 unspecified atom stereocenters. The second-order valence-corrected chi connectivity index (χ2v) is 8.51. The zero-order valence-corrected chi connectivity index (χ0v) is 15.2. The molecule has 1 heterocycles. The minimum Gasteiger partial charge on any atom is -0.493 e. The number of benzene rings is 1. The highest BCUT2D eigenvalue weighted by molar-refractivity contribution is 5.88. The Morgan fingerprint density at radius 3 is 2.76 bits per heavy atom. The molecule has 1 aromatic rings. The predicted octanol–water partition coefficient (Wildman–Crippen LogP) is 3.12. The number of hydrogen-bond acceptors (Lipinski definition) is 3. The number of ether oxygens (including phenoxy) is 1. The SMILES string of the molecule is CC(C)(C)CCC(NC(=O)[C@@H]1C[C@]12CCOc1ccccc12)C(=O)O. The van der Waals surface area contributed by atoms with Crippen LogP contribution in [0, 0.1) is 11.3 Å². The van der Waals surface area contributed by atoms with Crippen molar-refractivity contribution in [3.63, 3.8) is 0 Å². The van der Waals surface area contributed by atoms with E-state index in [1.54, 1.807) is 0 Å². The lowest BCUT2D eigenvalue weighted by atomic mass is 9.87. The van der Waals surface area contributed by atoms with Crippen LogP contribution in [0.1, 0.15) is 52.0 Å². The number of nitrogens with one attached hydrogen (secondary N) is 1. The van der Waals surface area contributed by atoms with Crippen molar-refractivity contribution in [2.24, 2.45) is 11.3 Å². The molecule has 25 heavy (non-hydrogen) atoms. The van der Waals surface area contributed by atoms with Crippen LogP contribution in [0.3, 0.4) is 0 Å². The summed E-state index contributed by atoms with van der Waals surface area (Å²) in [7, 11) is 0. The smallest absolute Gasteiger partial charge is 0.326 e. The molecule has 1 aromatic carbocycles. The summed E-state index contributed by atoms with van der Waals surface area (Å²) in [6, 6.07) is 7.04. The van der Waals surface area contributed by atoms with E-state index in [0.29, 0.717) is 13.0 Å². The molecule has 2 aliphatic rings. The first-order valence-corrected chi connectivity index (χ1v) is 8.98. The molecule has 0 bridgehead atoms. The second kappa shape index (κ2) is 6.36. The Labute approximate surface area is 148 Å². The van der Waals surface area contributed by atoms with Crippen LogP contribution < -0.4 is 10.1 Å². The molecule has 1 saturated carbocycles. The summed E-state index contributed by atoms with van der Waals surface area (Å²) < 4.78 is 5.70. The number of fused-ring (bicyclic) bond motifs is 2. The van der Waals surface area contributed by atoms with E-state index in [1.165, 1.54) is 0 Å². The van der Waals surface area contributed by atoms with Gasteiger partial charge >= 0.3 is 5.97 Å². The average Bonchev–Trinajstić information content (AvgIpc) is 3.25. The molecule has 5 heteroatoms. The van der Waals surface area contributed by atoms with Crippen LogP contribution in [0.2, 0.25) is 0 Å². The maximum atomic E-state index is 12.7.